The Morgan fingerprint density at radius 1 is 0.654 bits per heavy atom. The Morgan fingerprint density at radius 2 is 1.19 bits per heavy atom. The predicted molar refractivity (Wildman–Crippen MR) is 107 cm³/mol. The van der Waals surface area contributed by atoms with Crippen molar-refractivity contribution >= 4 is 54.7 Å². The van der Waals surface area contributed by atoms with Gasteiger partial charge in [-0.05, 0) is 50.0 Å². The standard InChI is InChI=1S/C24H16O2/c1-14(25)13-22(26)16-11-12-21-19-8-3-6-15-5-2-7-18(23(15)19)20-10-4-9-17(16)24(20)21/h2-12H,13H2,1H3. The van der Waals surface area contributed by atoms with Gasteiger partial charge >= 0.3 is 0 Å². The smallest absolute Gasteiger partial charge is 0.170 e. The van der Waals surface area contributed by atoms with Crippen molar-refractivity contribution in [3.63, 3.8) is 0 Å². The van der Waals surface area contributed by atoms with Gasteiger partial charge in [-0.15, -0.1) is 0 Å². The first-order valence-corrected chi connectivity index (χ1v) is 8.76. The van der Waals surface area contributed by atoms with Crippen molar-refractivity contribution in [3.8, 4) is 0 Å². The number of hydrogen-bond acceptors (Lipinski definition) is 2. The van der Waals surface area contributed by atoms with E-state index in [1.54, 1.807) is 0 Å². The maximum Gasteiger partial charge on any atom is 0.170 e. The summed E-state index contributed by atoms with van der Waals surface area (Å²) in [5, 5.41) is 9.22. The maximum atomic E-state index is 12.6. The Bertz CT molecular complexity index is 1290. The minimum absolute atomic E-state index is 0.0508. The quantitative estimate of drug-likeness (QED) is 0.178. The highest BCUT2D eigenvalue weighted by Crippen LogP contribution is 2.40. The molecule has 0 aliphatic heterocycles. The van der Waals surface area contributed by atoms with Gasteiger partial charge in [-0.3, -0.25) is 9.59 Å². The van der Waals surface area contributed by atoms with Crippen molar-refractivity contribution in [1.82, 2.24) is 0 Å². The van der Waals surface area contributed by atoms with Crippen LogP contribution in [0.15, 0.2) is 66.7 Å². The van der Waals surface area contributed by atoms with Gasteiger partial charge in [0, 0.05) is 5.56 Å². The summed E-state index contributed by atoms with van der Waals surface area (Å²) >= 11 is 0. The summed E-state index contributed by atoms with van der Waals surface area (Å²) in [6, 6.07) is 22.7. The molecule has 0 heterocycles. The Balaban J connectivity index is 2.00. The summed E-state index contributed by atoms with van der Waals surface area (Å²) in [5.41, 5.74) is 0.632. The Kier molecular flexibility index (Phi) is 3.10. The van der Waals surface area contributed by atoms with Crippen LogP contribution in [0.5, 0.6) is 0 Å². The zero-order chi connectivity index (χ0) is 17.8. The molecule has 5 aromatic carbocycles. The maximum absolute atomic E-state index is 12.6. The summed E-state index contributed by atoms with van der Waals surface area (Å²) < 4.78 is 0. The molecule has 0 spiro atoms. The van der Waals surface area contributed by atoms with Crippen LogP contribution in [0.1, 0.15) is 23.7 Å². The lowest BCUT2D eigenvalue weighted by Crippen LogP contribution is -2.05. The molecule has 124 valence electrons. The topological polar surface area (TPSA) is 34.1 Å². The highest BCUT2D eigenvalue weighted by molar-refractivity contribution is 6.34. The van der Waals surface area contributed by atoms with Crippen LogP contribution < -0.4 is 0 Å². The number of hydrogen-bond donors (Lipinski definition) is 0. The summed E-state index contributed by atoms with van der Waals surface area (Å²) in [4.78, 5) is 24.0. The van der Waals surface area contributed by atoms with Gasteiger partial charge in [0.1, 0.15) is 5.78 Å². The molecule has 0 radical (unpaired) electrons. The molecule has 0 atom stereocenters. The Hall–Kier alpha value is -3.26. The minimum atomic E-state index is -0.113. The van der Waals surface area contributed by atoms with Crippen LogP contribution in [0, 0.1) is 0 Å². The fourth-order valence-corrected chi connectivity index (χ4v) is 4.21. The molecule has 0 aromatic heterocycles. The van der Waals surface area contributed by atoms with Crippen molar-refractivity contribution in [2.24, 2.45) is 0 Å². The first kappa shape index (κ1) is 15.0. The zero-order valence-corrected chi connectivity index (χ0v) is 14.4. The van der Waals surface area contributed by atoms with Gasteiger partial charge in [-0.1, -0.05) is 66.7 Å². The summed E-state index contributed by atoms with van der Waals surface area (Å²) in [7, 11) is 0. The molecule has 2 nitrogen and oxygen atoms in total. The molecular formula is C24H16O2. The summed E-state index contributed by atoms with van der Waals surface area (Å²) in [6.07, 6.45) is -0.0508. The van der Waals surface area contributed by atoms with Gasteiger partial charge in [-0.25, -0.2) is 0 Å². The largest absolute Gasteiger partial charge is 0.300 e. The lowest BCUT2D eigenvalue weighted by atomic mass is 9.87. The molecule has 0 fully saturated rings. The average molecular weight is 336 g/mol. The second-order valence-electron chi connectivity index (χ2n) is 6.90. The van der Waals surface area contributed by atoms with Crippen LogP contribution >= 0.6 is 0 Å². The second kappa shape index (κ2) is 5.37. The van der Waals surface area contributed by atoms with E-state index in [0.717, 1.165) is 21.5 Å². The van der Waals surface area contributed by atoms with E-state index < -0.39 is 0 Å². The summed E-state index contributed by atoms with van der Waals surface area (Å²) in [5.74, 6) is -0.219. The third kappa shape index (κ3) is 1.99. The number of carbonyl (C=O) groups is 2. The van der Waals surface area contributed by atoms with Crippen LogP contribution in [-0.2, 0) is 4.79 Å². The van der Waals surface area contributed by atoms with E-state index in [1.165, 1.54) is 28.5 Å². The zero-order valence-electron chi connectivity index (χ0n) is 14.4. The van der Waals surface area contributed by atoms with Gasteiger partial charge < -0.3 is 0 Å². The number of ketones is 2. The van der Waals surface area contributed by atoms with E-state index in [4.69, 9.17) is 0 Å². The van der Waals surface area contributed by atoms with Gasteiger partial charge in [-0.2, -0.15) is 0 Å². The number of benzene rings is 5. The number of rotatable bonds is 3. The van der Waals surface area contributed by atoms with Gasteiger partial charge in [0.2, 0.25) is 0 Å². The van der Waals surface area contributed by atoms with Crippen molar-refractivity contribution in [3.05, 3.63) is 72.3 Å². The first-order valence-electron chi connectivity index (χ1n) is 8.76. The molecular weight excluding hydrogens is 320 g/mol. The van der Waals surface area contributed by atoms with E-state index >= 15 is 0 Å². The van der Waals surface area contributed by atoms with Crippen LogP contribution in [-0.4, -0.2) is 11.6 Å². The molecule has 0 aliphatic carbocycles. The Morgan fingerprint density at radius 3 is 1.85 bits per heavy atom. The molecule has 2 heteroatoms. The molecule has 26 heavy (non-hydrogen) atoms. The predicted octanol–water partition coefficient (Wildman–Crippen LogP) is 5.90. The van der Waals surface area contributed by atoms with Crippen LogP contribution in [0.25, 0.3) is 43.1 Å². The highest BCUT2D eigenvalue weighted by Gasteiger charge is 2.17. The van der Waals surface area contributed by atoms with Crippen molar-refractivity contribution in [1.29, 1.82) is 0 Å². The fraction of sp³-hybridized carbons (Fsp3) is 0.0833. The third-order valence-corrected chi connectivity index (χ3v) is 5.24. The number of Topliss-reactive ketones (excluding diaryl/α,β-unsaturated/α-hetero) is 2. The molecule has 0 aliphatic rings. The molecule has 0 saturated heterocycles. The highest BCUT2D eigenvalue weighted by atomic mass is 16.1. The van der Waals surface area contributed by atoms with Crippen molar-refractivity contribution in [2.75, 3.05) is 0 Å². The molecule has 0 unspecified atom stereocenters. The SMILES string of the molecule is CC(=O)CC(=O)c1ccc2c3cccc4cccc(c5cccc1c52)c43. The van der Waals surface area contributed by atoms with E-state index in [-0.39, 0.29) is 18.0 Å². The van der Waals surface area contributed by atoms with Gasteiger partial charge in [0.05, 0.1) is 6.42 Å². The lowest BCUT2D eigenvalue weighted by Gasteiger charge is -2.15. The van der Waals surface area contributed by atoms with E-state index in [0.29, 0.717) is 5.56 Å². The van der Waals surface area contributed by atoms with Gasteiger partial charge in [0.25, 0.3) is 0 Å². The van der Waals surface area contributed by atoms with Crippen LogP contribution in [0.4, 0.5) is 0 Å². The molecule has 0 N–H and O–H groups in total. The van der Waals surface area contributed by atoms with Crippen LogP contribution in [0.3, 0.4) is 0 Å². The number of fused-ring (bicyclic) bond motifs is 2. The molecule has 5 rings (SSSR count). The third-order valence-electron chi connectivity index (χ3n) is 5.24. The van der Waals surface area contributed by atoms with E-state index in [1.807, 2.05) is 24.3 Å². The average Bonchev–Trinajstić information content (AvgIpc) is 2.65. The number of carbonyl (C=O) groups excluding carboxylic acids is 2. The molecule has 0 bridgehead atoms. The normalized spacial score (nSPS) is 11.7. The molecule has 5 aromatic rings. The van der Waals surface area contributed by atoms with E-state index in [2.05, 4.69) is 42.5 Å². The van der Waals surface area contributed by atoms with Crippen LogP contribution in [0.2, 0.25) is 0 Å². The molecule has 0 saturated carbocycles. The monoisotopic (exact) mass is 336 g/mol. The van der Waals surface area contributed by atoms with Gasteiger partial charge in [0.15, 0.2) is 5.78 Å². The fourth-order valence-electron chi connectivity index (χ4n) is 4.21. The summed E-state index contributed by atoms with van der Waals surface area (Å²) in [6.45, 7) is 1.46. The van der Waals surface area contributed by atoms with Crippen molar-refractivity contribution in [2.45, 2.75) is 13.3 Å². The first-order chi connectivity index (χ1) is 12.6. The Labute approximate surface area is 150 Å². The van der Waals surface area contributed by atoms with E-state index in [9.17, 15) is 9.59 Å². The lowest BCUT2D eigenvalue weighted by molar-refractivity contribution is -0.116. The minimum Gasteiger partial charge on any atom is -0.300 e. The second-order valence-corrected chi connectivity index (χ2v) is 6.90. The molecule has 0 amide bonds. The van der Waals surface area contributed by atoms with Crippen molar-refractivity contribution < 1.29 is 9.59 Å².